The number of nitrogens with one attached hydrogen (secondary N) is 1. The van der Waals surface area contributed by atoms with Gasteiger partial charge in [0.2, 0.25) is 15.9 Å². The maximum absolute atomic E-state index is 12.6. The molecule has 0 saturated carbocycles. The number of methoxy groups -OCH3 is 1. The molecule has 1 N–H and O–H groups in total. The van der Waals surface area contributed by atoms with E-state index in [0.29, 0.717) is 24.7 Å². The molecular formula is C18H22N4O4S. The van der Waals surface area contributed by atoms with Gasteiger partial charge in [0.1, 0.15) is 0 Å². The van der Waals surface area contributed by atoms with Gasteiger partial charge in [-0.15, -0.1) is 0 Å². The summed E-state index contributed by atoms with van der Waals surface area (Å²) >= 11 is 0. The van der Waals surface area contributed by atoms with Crippen molar-refractivity contribution in [2.24, 2.45) is 0 Å². The van der Waals surface area contributed by atoms with Crippen LogP contribution in [0.1, 0.15) is 5.56 Å². The first-order valence-electron chi connectivity index (χ1n) is 8.55. The molecule has 0 spiro atoms. The van der Waals surface area contributed by atoms with Gasteiger partial charge in [-0.2, -0.15) is 4.31 Å². The van der Waals surface area contributed by atoms with Gasteiger partial charge in [-0.05, 0) is 11.6 Å². The van der Waals surface area contributed by atoms with Gasteiger partial charge in [0.15, 0.2) is 0 Å². The van der Waals surface area contributed by atoms with Gasteiger partial charge in [-0.25, -0.2) is 18.2 Å². The molecule has 2 heterocycles. The standard InChI is InChI=1S/C18H22N4O4S/c1-26-17-8-7-16(13-19-17)20-18(23)21-9-11-22(12-10-21)27(24,25)14-15-5-3-2-4-6-15/h2-8,13H,9-12,14H2,1H3,(H,20,23). The number of sulfonamides is 1. The van der Waals surface area contributed by atoms with E-state index >= 15 is 0 Å². The highest BCUT2D eigenvalue weighted by Crippen LogP contribution is 2.15. The maximum atomic E-state index is 12.6. The van der Waals surface area contributed by atoms with E-state index in [2.05, 4.69) is 10.3 Å². The molecule has 1 saturated heterocycles. The number of carbonyl (C=O) groups excluding carboxylic acids is 1. The number of hydrogen-bond donors (Lipinski definition) is 1. The first kappa shape index (κ1) is 19.1. The van der Waals surface area contributed by atoms with Crippen LogP contribution in [0.4, 0.5) is 10.5 Å². The number of anilines is 1. The Morgan fingerprint density at radius 1 is 1.11 bits per heavy atom. The van der Waals surface area contributed by atoms with Gasteiger partial charge in [-0.1, -0.05) is 30.3 Å². The molecule has 0 radical (unpaired) electrons. The molecule has 27 heavy (non-hydrogen) atoms. The summed E-state index contributed by atoms with van der Waals surface area (Å²) in [5, 5.41) is 2.76. The number of rotatable bonds is 5. The molecule has 1 fully saturated rings. The molecule has 0 bridgehead atoms. The Hall–Kier alpha value is -2.65. The van der Waals surface area contributed by atoms with E-state index < -0.39 is 10.0 Å². The highest BCUT2D eigenvalue weighted by Gasteiger charge is 2.29. The Kier molecular flexibility index (Phi) is 5.92. The van der Waals surface area contributed by atoms with E-state index in [1.165, 1.54) is 17.6 Å². The minimum Gasteiger partial charge on any atom is -0.481 e. The Labute approximate surface area is 158 Å². The molecule has 0 atom stereocenters. The average Bonchev–Trinajstić information content (AvgIpc) is 2.69. The molecule has 0 aliphatic carbocycles. The van der Waals surface area contributed by atoms with Gasteiger partial charge in [0, 0.05) is 32.2 Å². The summed E-state index contributed by atoms with van der Waals surface area (Å²) in [5.41, 5.74) is 1.31. The summed E-state index contributed by atoms with van der Waals surface area (Å²) in [6.45, 7) is 1.24. The second-order valence-electron chi connectivity index (χ2n) is 6.15. The van der Waals surface area contributed by atoms with Crippen LogP contribution < -0.4 is 10.1 Å². The van der Waals surface area contributed by atoms with Crippen molar-refractivity contribution in [2.75, 3.05) is 38.6 Å². The van der Waals surface area contributed by atoms with Crippen molar-refractivity contribution in [3.63, 3.8) is 0 Å². The number of piperazine rings is 1. The van der Waals surface area contributed by atoms with Gasteiger partial charge in [0.25, 0.3) is 0 Å². The summed E-state index contributed by atoms with van der Waals surface area (Å²) in [4.78, 5) is 18.0. The first-order valence-corrected chi connectivity index (χ1v) is 10.2. The van der Waals surface area contributed by atoms with E-state index in [4.69, 9.17) is 4.74 Å². The number of ether oxygens (including phenoxy) is 1. The van der Waals surface area contributed by atoms with Gasteiger partial charge < -0.3 is 15.0 Å². The number of benzene rings is 1. The Balaban J connectivity index is 1.53. The van der Waals surface area contributed by atoms with Gasteiger partial charge >= 0.3 is 6.03 Å². The zero-order valence-corrected chi connectivity index (χ0v) is 15.9. The van der Waals surface area contributed by atoms with E-state index in [9.17, 15) is 13.2 Å². The smallest absolute Gasteiger partial charge is 0.321 e. The third kappa shape index (κ3) is 4.95. The monoisotopic (exact) mass is 390 g/mol. The normalized spacial score (nSPS) is 15.4. The summed E-state index contributed by atoms with van der Waals surface area (Å²) in [6.07, 6.45) is 1.51. The summed E-state index contributed by atoms with van der Waals surface area (Å²) in [7, 11) is -1.88. The van der Waals surface area contributed by atoms with Gasteiger partial charge in [0.05, 0.1) is 24.7 Å². The Morgan fingerprint density at radius 3 is 2.41 bits per heavy atom. The predicted molar refractivity (Wildman–Crippen MR) is 102 cm³/mol. The fourth-order valence-electron chi connectivity index (χ4n) is 2.82. The van der Waals surface area contributed by atoms with E-state index in [0.717, 1.165) is 5.56 Å². The molecule has 1 aromatic carbocycles. The molecule has 3 rings (SSSR count). The van der Waals surface area contributed by atoms with Crippen molar-refractivity contribution in [3.05, 3.63) is 54.2 Å². The van der Waals surface area contributed by atoms with Crippen LogP contribution >= 0.6 is 0 Å². The molecule has 9 heteroatoms. The number of carbonyl (C=O) groups is 1. The second-order valence-corrected chi connectivity index (χ2v) is 8.12. The fourth-order valence-corrected chi connectivity index (χ4v) is 4.34. The maximum Gasteiger partial charge on any atom is 0.321 e. The lowest BCUT2D eigenvalue weighted by atomic mass is 10.2. The number of pyridine rings is 1. The highest BCUT2D eigenvalue weighted by atomic mass is 32.2. The Morgan fingerprint density at radius 2 is 1.81 bits per heavy atom. The predicted octanol–water partition coefficient (Wildman–Crippen LogP) is 1.77. The van der Waals surface area contributed by atoms with Crippen molar-refractivity contribution < 1.29 is 17.9 Å². The van der Waals surface area contributed by atoms with Crippen molar-refractivity contribution in [3.8, 4) is 5.88 Å². The molecule has 1 aromatic heterocycles. The quantitative estimate of drug-likeness (QED) is 0.840. The first-order chi connectivity index (χ1) is 13.0. The van der Waals surface area contributed by atoms with E-state index in [-0.39, 0.29) is 24.9 Å². The lowest BCUT2D eigenvalue weighted by molar-refractivity contribution is 0.184. The third-order valence-electron chi connectivity index (χ3n) is 4.31. The van der Waals surface area contributed by atoms with Crippen LogP contribution in [0.25, 0.3) is 0 Å². The topological polar surface area (TPSA) is 91.8 Å². The van der Waals surface area contributed by atoms with Crippen molar-refractivity contribution >= 4 is 21.7 Å². The lowest BCUT2D eigenvalue weighted by Crippen LogP contribution is -2.51. The third-order valence-corrected chi connectivity index (χ3v) is 6.16. The molecule has 144 valence electrons. The summed E-state index contributed by atoms with van der Waals surface area (Å²) in [5.74, 6) is 0.433. The largest absolute Gasteiger partial charge is 0.481 e. The van der Waals surface area contributed by atoms with Crippen LogP contribution in [-0.2, 0) is 15.8 Å². The van der Waals surface area contributed by atoms with Crippen LogP contribution in [0.15, 0.2) is 48.7 Å². The minimum absolute atomic E-state index is 0.0302. The zero-order valence-electron chi connectivity index (χ0n) is 15.0. The molecule has 0 unspecified atom stereocenters. The molecule has 1 aliphatic heterocycles. The molecular weight excluding hydrogens is 368 g/mol. The number of hydrogen-bond acceptors (Lipinski definition) is 5. The minimum atomic E-state index is -3.40. The molecule has 2 amide bonds. The van der Waals surface area contributed by atoms with Crippen LogP contribution in [0, 0.1) is 0 Å². The fraction of sp³-hybridized carbons (Fsp3) is 0.333. The van der Waals surface area contributed by atoms with Crippen molar-refractivity contribution in [1.29, 1.82) is 0 Å². The number of nitrogens with zero attached hydrogens (tertiary/aromatic N) is 3. The number of urea groups is 1. The van der Waals surface area contributed by atoms with Crippen LogP contribution in [0.5, 0.6) is 5.88 Å². The van der Waals surface area contributed by atoms with E-state index in [1.54, 1.807) is 29.2 Å². The second kappa shape index (κ2) is 8.36. The van der Waals surface area contributed by atoms with E-state index in [1.807, 2.05) is 18.2 Å². The zero-order chi connectivity index (χ0) is 19.3. The molecule has 8 nitrogen and oxygen atoms in total. The molecule has 1 aliphatic rings. The van der Waals surface area contributed by atoms with Crippen LogP contribution in [-0.4, -0.2) is 61.9 Å². The highest BCUT2D eigenvalue weighted by molar-refractivity contribution is 7.88. The molecule has 2 aromatic rings. The van der Waals surface area contributed by atoms with Crippen molar-refractivity contribution in [1.82, 2.24) is 14.2 Å². The lowest BCUT2D eigenvalue weighted by Gasteiger charge is -2.34. The Bertz CT molecular complexity index is 864. The number of amides is 2. The van der Waals surface area contributed by atoms with Crippen LogP contribution in [0.3, 0.4) is 0 Å². The van der Waals surface area contributed by atoms with Crippen molar-refractivity contribution in [2.45, 2.75) is 5.75 Å². The summed E-state index contributed by atoms with van der Waals surface area (Å²) in [6, 6.07) is 12.2. The van der Waals surface area contributed by atoms with Crippen LogP contribution in [0.2, 0.25) is 0 Å². The van der Waals surface area contributed by atoms with Gasteiger partial charge in [-0.3, -0.25) is 0 Å². The summed E-state index contributed by atoms with van der Waals surface area (Å²) < 4.78 is 31.6. The number of aromatic nitrogens is 1. The SMILES string of the molecule is COc1ccc(NC(=O)N2CCN(S(=O)(=O)Cc3ccccc3)CC2)cn1. The average molecular weight is 390 g/mol.